The van der Waals surface area contributed by atoms with Gasteiger partial charge in [0.2, 0.25) is 0 Å². The van der Waals surface area contributed by atoms with Crippen LogP contribution in [0, 0.1) is 5.92 Å². The van der Waals surface area contributed by atoms with E-state index in [1.165, 1.54) is 6.92 Å². The van der Waals surface area contributed by atoms with Crippen LogP contribution in [-0.4, -0.2) is 109 Å². The van der Waals surface area contributed by atoms with Gasteiger partial charge in [-0.25, -0.2) is 0 Å². The van der Waals surface area contributed by atoms with Crippen LogP contribution in [0.3, 0.4) is 0 Å². The summed E-state index contributed by atoms with van der Waals surface area (Å²) in [6.45, 7) is 0.883. The maximum Gasteiger partial charge on any atom is 0.181 e. The summed E-state index contributed by atoms with van der Waals surface area (Å²) in [5.74, 6) is -1.35. The third kappa shape index (κ3) is 3.37. The second-order valence-corrected chi connectivity index (χ2v) is 6.25. The Balaban J connectivity index is 2.21. The fraction of sp³-hybridized carbons (Fsp3) is 1.00. The molecule has 2 fully saturated rings. The topological polar surface area (TPSA) is 183 Å². The van der Waals surface area contributed by atoms with E-state index in [1.54, 1.807) is 0 Å². The molecule has 10 heteroatoms. The second-order valence-electron chi connectivity index (χ2n) is 6.25. The molecule has 10 nitrogen and oxygen atoms in total. The molecular weight excluding hydrogens is 314 g/mol. The molecule has 2 aliphatic heterocycles. The molecule has 2 rings (SSSR count). The zero-order valence-corrected chi connectivity index (χ0v) is 12.5. The first-order chi connectivity index (χ1) is 10.7. The summed E-state index contributed by atoms with van der Waals surface area (Å²) in [6.07, 6.45) is -12.1. The lowest BCUT2D eigenvalue weighted by molar-refractivity contribution is -0.289. The zero-order chi connectivity index (χ0) is 17.5. The number of aliphatic hydroxyl groups is 8. The molecular formula is C13H25NO9. The molecule has 23 heavy (non-hydrogen) atoms. The molecule has 0 aromatic carbocycles. The SMILES string of the molecule is C[C@H]1N[C@@H]([C@H](O)[C@@H]2[C@@H](O)[C@@H](O)O[C@H](CO)[C@@H]2O)[C@H](O)[C@@H](O)[C@H]1O. The van der Waals surface area contributed by atoms with E-state index in [0.29, 0.717) is 0 Å². The number of piperidine rings is 1. The van der Waals surface area contributed by atoms with Crippen molar-refractivity contribution in [1.82, 2.24) is 5.32 Å². The molecule has 0 aromatic heterocycles. The van der Waals surface area contributed by atoms with Crippen molar-refractivity contribution < 1.29 is 45.6 Å². The van der Waals surface area contributed by atoms with Gasteiger partial charge in [0, 0.05) is 12.0 Å². The fourth-order valence-electron chi connectivity index (χ4n) is 3.29. The van der Waals surface area contributed by atoms with Crippen LogP contribution in [-0.2, 0) is 4.74 Å². The molecule has 0 aromatic rings. The van der Waals surface area contributed by atoms with E-state index in [0.717, 1.165) is 0 Å². The Labute approximate surface area is 132 Å². The highest BCUT2D eigenvalue weighted by Gasteiger charge is 2.52. The molecule has 2 saturated heterocycles. The van der Waals surface area contributed by atoms with Gasteiger partial charge in [-0.2, -0.15) is 0 Å². The lowest BCUT2D eigenvalue weighted by Crippen LogP contribution is -2.70. The number of hydrogen-bond donors (Lipinski definition) is 9. The summed E-state index contributed by atoms with van der Waals surface area (Å²) < 4.78 is 4.84. The van der Waals surface area contributed by atoms with E-state index in [9.17, 15) is 35.7 Å². The summed E-state index contributed by atoms with van der Waals surface area (Å²) in [4.78, 5) is 0. The summed E-state index contributed by atoms with van der Waals surface area (Å²) in [5, 5.41) is 81.7. The quantitative estimate of drug-likeness (QED) is 0.241. The first-order valence-electron chi connectivity index (χ1n) is 7.49. The Morgan fingerprint density at radius 3 is 2.09 bits per heavy atom. The molecule has 0 saturated carbocycles. The lowest BCUT2D eigenvalue weighted by atomic mass is 9.77. The maximum absolute atomic E-state index is 10.5. The van der Waals surface area contributed by atoms with Crippen molar-refractivity contribution in [2.45, 2.75) is 68.0 Å². The van der Waals surface area contributed by atoms with E-state index < -0.39 is 73.6 Å². The summed E-state index contributed by atoms with van der Waals surface area (Å²) in [5.41, 5.74) is 0. The number of nitrogens with one attached hydrogen (secondary N) is 1. The minimum Gasteiger partial charge on any atom is -0.394 e. The fourth-order valence-corrected chi connectivity index (χ4v) is 3.29. The average Bonchev–Trinajstić information content (AvgIpc) is 2.52. The van der Waals surface area contributed by atoms with Crippen molar-refractivity contribution in [3.05, 3.63) is 0 Å². The van der Waals surface area contributed by atoms with E-state index in [4.69, 9.17) is 9.84 Å². The van der Waals surface area contributed by atoms with Crippen molar-refractivity contribution in [3.8, 4) is 0 Å². The third-order valence-electron chi connectivity index (χ3n) is 4.75. The smallest absolute Gasteiger partial charge is 0.181 e. The molecule has 0 bridgehead atoms. The van der Waals surface area contributed by atoms with Crippen LogP contribution in [0.4, 0.5) is 0 Å². The van der Waals surface area contributed by atoms with Crippen LogP contribution in [0.5, 0.6) is 0 Å². The van der Waals surface area contributed by atoms with Gasteiger partial charge in [-0.3, -0.25) is 0 Å². The average molecular weight is 339 g/mol. The second kappa shape index (κ2) is 7.23. The number of ether oxygens (including phenoxy) is 1. The number of rotatable bonds is 3. The molecule has 136 valence electrons. The van der Waals surface area contributed by atoms with Gasteiger partial charge in [-0.15, -0.1) is 0 Å². The molecule has 2 aliphatic rings. The first-order valence-corrected chi connectivity index (χ1v) is 7.49. The van der Waals surface area contributed by atoms with Crippen LogP contribution in [0.1, 0.15) is 6.92 Å². The van der Waals surface area contributed by atoms with Crippen LogP contribution >= 0.6 is 0 Å². The van der Waals surface area contributed by atoms with Gasteiger partial charge in [-0.05, 0) is 6.92 Å². The summed E-state index contributed by atoms with van der Waals surface area (Å²) in [6, 6.07) is -1.84. The number of aliphatic hydroxyl groups excluding tert-OH is 8. The van der Waals surface area contributed by atoms with Gasteiger partial charge in [0.1, 0.15) is 24.4 Å². The minimum atomic E-state index is -1.73. The van der Waals surface area contributed by atoms with E-state index in [2.05, 4.69) is 5.32 Å². The highest BCUT2D eigenvalue weighted by molar-refractivity contribution is 5.04. The van der Waals surface area contributed by atoms with Crippen LogP contribution in [0.2, 0.25) is 0 Å². The Morgan fingerprint density at radius 1 is 0.913 bits per heavy atom. The Bertz CT molecular complexity index is 400. The molecule has 11 atom stereocenters. The standard InChI is InChI=1S/C13H25NO9/c1-3-7(16)12(21)11(20)6(14-3)9(18)5-8(17)4(2-15)23-13(22)10(5)19/h3-22H,2H2,1H3/t3-,4-,5-,6+,7+,8+,9-,10-,11+,12+,13+/m1/s1. The Morgan fingerprint density at radius 2 is 1.52 bits per heavy atom. The zero-order valence-electron chi connectivity index (χ0n) is 12.5. The first kappa shape index (κ1) is 18.9. The Hall–Kier alpha value is -0.400. The predicted octanol–water partition coefficient (Wildman–Crippen LogP) is -5.16. The van der Waals surface area contributed by atoms with Crippen molar-refractivity contribution in [2.24, 2.45) is 5.92 Å². The van der Waals surface area contributed by atoms with Crippen LogP contribution in [0.15, 0.2) is 0 Å². The van der Waals surface area contributed by atoms with Gasteiger partial charge < -0.3 is 50.9 Å². The summed E-state index contributed by atoms with van der Waals surface area (Å²) in [7, 11) is 0. The molecule has 2 heterocycles. The van der Waals surface area contributed by atoms with Crippen LogP contribution < -0.4 is 5.32 Å². The highest BCUT2D eigenvalue weighted by atomic mass is 16.6. The third-order valence-corrected chi connectivity index (χ3v) is 4.75. The lowest BCUT2D eigenvalue weighted by Gasteiger charge is -2.48. The van der Waals surface area contributed by atoms with Gasteiger partial charge >= 0.3 is 0 Å². The predicted molar refractivity (Wildman–Crippen MR) is 73.9 cm³/mol. The van der Waals surface area contributed by atoms with Crippen molar-refractivity contribution in [3.63, 3.8) is 0 Å². The maximum atomic E-state index is 10.5. The van der Waals surface area contributed by atoms with Crippen molar-refractivity contribution in [1.29, 1.82) is 0 Å². The molecule has 0 unspecified atom stereocenters. The monoisotopic (exact) mass is 339 g/mol. The van der Waals surface area contributed by atoms with Gasteiger partial charge in [0.15, 0.2) is 6.29 Å². The highest BCUT2D eigenvalue weighted by Crippen LogP contribution is 2.31. The number of hydrogen-bond acceptors (Lipinski definition) is 10. The van der Waals surface area contributed by atoms with E-state index >= 15 is 0 Å². The van der Waals surface area contributed by atoms with Crippen molar-refractivity contribution in [2.75, 3.05) is 6.61 Å². The molecule has 0 aliphatic carbocycles. The van der Waals surface area contributed by atoms with E-state index in [-0.39, 0.29) is 0 Å². The largest absolute Gasteiger partial charge is 0.394 e. The van der Waals surface area contributed by atoms with Crippen molar-refractivity contribution >= 4 is 0 Å². The van der Waals surface area contributed by atoms with Gasteiger partial charge in [0.25, 0.3) is 0 Å². The molecule has 0 spiro atoms. The minimum absolute atomic E-state index is 0.646. The molecule has 0 amide bonds. The molecule has 0 radical (unpaired) electrons. The summed E-state index contributed by atoms with van der Waals surface area (Å²) >= 11 is 0. The Kier molecular flexibility index (Phi) is 5.95. The van der Waals surface area contributed by atoms with Gasteiger partial charge in [-0.1, -0.05) is 0 Å². The molecule has 9 N–H and O–H groups in total. The normalized spacial score (nSPS) is 53.1. The van der Waals surface area contributed by atoms with Crippen LogP contribution in [0.25, 0.3) is 0 Å². The van der Waals surface area contributed by atoms with Gasteiger partial charge in [0.05, 0.1) is 31.0 Å². The van der Waals surface area contributed by atoms with E-state index in [1.807, 2.05) is 0 Å².